The second-order valence-corrected chi connectivity index (χ2v) is 4.11. The van der Waals surface area contributed by atoms with Crippen LogP contribution in [0.5, 0.6) is 5.75 Å². The van der Waals surface area contributed by atoms with Crippen molar-refractivity contribution < 1.29 is 19.0 Å². The molecule has 0 bridgehead atoms. The lowest BCUT2D eigenvalue weighted by molar-refractivity contribution is -0.138. The summed E-state index contributed by atoms with van der Waals surface area (Å²) in [5, 5.41) is 0.713. The van der Waals surface area contributed by atoms with Gasteiger partial charge in [0.1, 0.15) is 12.0 Å². The van der Waals surface area contributed by atoms with Crippen molar-refractivity contribution in [3.05, 3.63) is 41.3 Å². The second-order valence-electron chi connectivity index (χ2n) is 3.54. The van der Waals surface area contributed by atoms with Gasteiger partial charge in [-0.15, -0.1) is 0 Å². The minimum Gasteiger partial charge on any atom is -0.500 e. The van der Waals surface area contributed by atoms with Crippen LogP contribution in [0.15, 0.2) is 30.2 Å². The Morgan fingerprint density at radius 1 is 1.39 bits per heavy atom. The Bertz CT molecular complexity index is 454. The number of carbonyl (C=O) groups excluding carboxylic acids is 1. The Hall–Kier alpha value is -1.49. The zero-order valence-electron chi connectivity index (χ0n) is 10.5. The van der Waals surface area contributed by atoms with Crippen molar-refractivity contribution in [2.24, 2.45) is 0 Å². The number of benzene rings is 1. The molecule has 0 aliphatic carbocycles. The Morgan fingerprint density at radius 3 is 2.67 bits per heavy atom. The molecule has 0 aromatic heterocycles. The second kappa shape index (κ2) is 7.06. The Labute approximate surface area is 115 Å². The number of rotatable bonds is 5. The molecule has 0 N–H and O–H groups in total. The van der Waals surface area contributed by atoms with Crippen LogP contribution in [0.3, 0.4) is 0 Å². The SMILES string of the molecule is CO/C=C(\Oc1cc(CBr)ccc1C)C(=O)OC. The van der Waals surface area contributed by atoms with Gasteiger partial charge in [0, 0.05) is 5.33 Å². The van der Waals surface area contributed by atoms with E-state index in [-0.39, 0.29) is 5.76 Å². The van der Waals surface area contributed by atoms with Gasteiger partial charge in [0.05, 0.1) is 14.2 Å². The molecule has 0 amide bonds. The molecule has 0 radical (unpaired) electrons. The maximum absolute atomic E-state index is 11.5. The molecule has 5 heteroatoms. The first-order valence-corrected chi connectivity index (χ1v) is 6.39. The lowest BCUT2D eigenvalue weighted by Gasteiger charge is -2.11. The topological polar surface area (TPSA) is 44.8 Å². The number of hydrogen-bond acceptors (Lipinski definition) is 4. The lowest BCUT2D eigenvalue weighted by Crippen LogP contribution is -2.11. The molecule has 0 heterocycles. The molecular weight excluding hydrogens is 300 g/mol. The van der Waals surface area contributed by atoms with Gasteiger partial charge in [0.25, 0.3) is 0 Å². The molecule has 18 heavy (non-hydrogen) atoms. The fraction of sp³-hybridized carbons (Fsp3) is 0.308. The normalized spacial score (nSPS) is 11.0. The molecule has 0 unspecified atom stereocenters. The summed E-state index contributed by atoms with van der Waals surface area (Å²) >= 11 is 3.37. The van der Waals surface area contributed by atoms with Crippen LogP contribution < -0.4 is 4.74 Å². The van der Waals surface area contributed by atoms with Gasteiger partial charge in [-0.25, -0.2) is 4.79 Å². The van der Waals surface area contributed by atoms with Crippen LogP contribution >= 0.6 is 15.9 Å². The summed E-state index contributed by atoms with van der Waals surface area (Å²) in [6.45, 7) is 1.90. The average Bonchev–Trinajstić information content (AvgIpc) is 2.39. The average molecular weight is 315 g/mol. The summed E-state index contributed by atoms with van der Waals surface area (Å²) in [6.07, 6.45) is 1.21. The van der Waals surface area contributed by atoms with Gasteiger partial charge in [-0.2, -0.15) is 0 Å². The van der Waals surface area contributed by atoms with Crippen molar-refractivity contribution in [3.63, 3.8) is 0 Å². The molecule has 0 saturated carbocycles. The highest BCUT2D eigenvalue weighted by Gasteiger charge is 2.14. The number of carbonyl (C=O) groups is 1. The fourth-order valence-electron chi connectivity index (χ4n) is 1.28. The third-order valence-corrected chi connectivity index (χ3v) is 2.89. The van der Waals surface area contributed by atoms with Gasteiger partial charge in [0.15, 0.2) is 0 Å². The van der Waals surface area contributed by atoms with E-state index in [0.717, 1.165) is 11.1 Å². The van der Waals surface area contributed by atoms with Gasteiger partial charge >= 0.3 is 5.97 Å². The number of halogens is 1. The molecule has 0 atom stereocenters. The minimum atomic E-state index is -0.583. The predicted molar refractivity (Wildman–Crippen MR) is 71.5 cm³/mol. The molecule has 0 spiro atoms. The van der Waals surface area contributed by atoms with E-state index in [9.17, 15) is 4.79 Å². The van der Waals surface area contributed by atoms with E-state index in [1.54, 1.807) is 0 Å². The standard InChI is InChI=1S/C13H15BrO4/c1-9-4-5-10(7-14)6-11(9)18-12(8-16-2)13(15)17-3/h4-6,8H,7H2,1-3H3/b12-8-. The Morgan fingerprint density at radius 2 is 2.11 bits per heavy atom. The van der Waals surface area contributed by atoms with Gasteiger partial charge in [0.2, 0.25) is 5.76 Å². The van der Waals surface area contributed by atoms with Crippen LogP contribution in [-0.2, 0) is 19.6 Å². The van der Waals surface area contributed by atoms with Crippen LogP contribution in [0.4, 0.5) is 0 Å². The van der Waals surface area contributed by atoms with Crippen molar-refractivity contribution in [3.8, 4) is 5.75 Å². The van der Waals surface area contributed by atoms with Gasteiger partial charge in [-0.3, -0.25) is 0 Å². The zero-order chi connectivity index (χ0) is 13.5. The molecular formula is C13H15BrO4. The Balaban J connectivity index is 3.00. The van der Waals surface area contributed by atoms with E-state index < -0.39 is 5.97 Å². The summed E-state index contributed by atoms with van der Waals surface area (Å²) in [4.78, 5) is 11.5. The molecule has 1 aromatic carbocycles. The summed E-state index contributed by atoms with van der Waals surface area (Å²) in [5.74, 6) is 0.0240. The summed E-state index contributed by atoms with van der Waals surface area (Å²) in [7, 11) is 2.73. The van der Waals surface area contributed by atoms with Crippen LogP contribution in [0, 0.1) is 6.92 Å². The van der Waals surface area contributed by atoms with Crippen molar-refractivity contribution in [1.29, 1.82) is 0 Å². The number of ether oxygens (including phenoxy) is 3. The number of methoxy groups -OCH3 is 2. The quantitative estimate of drug-likeness (QED) is 0.363. The van der Waals surface area contributed by atoms with E-state index in [1.165, 1.54) is 20.5 Å². The lowest BCUT2D eigenvalue weighted by atomic mass is 10.1. The van der Waals surface area contributed by atoms with E-state index >= 15 is 0 Å². The number of hydrogen-bond donors (Lipinski definition) is 0. The molecule has 1 rings (SSSR count). The first-order valence-electron chi connectivity index (χ1n) is 5.27. The van der Waals surface area contributed by atoms with Gasteiger partial charge in [-0.1, -0.05) is 28.1 Å². The third-order valence-electron chi connectivity index (χ3n) is 2.24. The zero-order valence-corrected chi connectivity index (χ0v) is 12.1. The van der Waals surface area contributed by atoms with Gasteiger partial charge < -0.3 is 14.2 Å². The van der Waals surface area contributed by atoms with Crippen LogP contribution in [0.1, 0.15) is 11.1 Å². The predicted octanol–water partition coefficient (Wildman–Crippen LogP) is 2.93. The smallest absolute Gasteiger partial charge is 0.377 e. The number of alkyl halides is 1. The first-order chi connectivity index (χ1) is 8.62. The molecule has 0 aliphatic heterocycles. The van der Waals surface area contributed by atoms with Crippen molar-refractivity contribution in [2.75, 3.05) is 14.2 Å². The minimum absolute atomic E-state index is 0.00909. The van der Waals surface area contributed by atoms with Crippen molar-refractivity contribution >= 4 is 21.9 Å². The first kappa shape index (κ1) is 14.6. The highest BCUT2D eigenvalue weighted by molar-refractivity contribution is 9.08. The summed E-state index contributed by atoms with van der Waals surface area (Å²) in [5.41, 5.74) is 1.97. The van der Waals surface area contributed by atoms with E-state index in [2.05, 4.69) is 20.7 Å². The van der Waals surface area contributed by atoms with Crippen LogP contribution in [0.25, 0.3) is 0 Å². The molecule has 4 nitrogen and oxygen atoms in total. The largest absolute Gasteiger partial charge is 0.500 e. The summed E-state index contributed by atoms with van der Waals surface area (Å²) in [6, 6.07) is 5.76. The maximum atomic E-state index is 11.5. The molecule has 0 aliphatic rings. The molecule has 98 valence electrons. The van der Waals surface area contributed by atoms with E-state index in [0.29, 0.717) is 11.1 Å². The highest BCUT2D eigenvalue weighted by atomic mass is 79.9. The van der Waals surface area contributed by atoms with E-state index in [1.807, 2.05) is 25.1 Å². The van der Waals surface area contributed by atoms with Crippen molar-refractivity contribution in [2.45, 2.75) is 12.3 Å². The third kappa shape index (κ3) is 3.77. The fourth-order valence-corrected chi connectivity index (χ4v) is 1.63. The Kier molecular flexibility index (Phi) is 5.71. The number of esters is 1. The van der Waals surface area contributed by atoms with E-state index in [4.69, 9.17) is 9.47 Å². The van der Waals surface area contributed by atoms with Crippen LogP contribution in [0.2, 0.25) is 0 Å². The molecule has 0 saturated heterocycles. The number of aryl methyl sites for hydroxylation is 1. The molecule has 1 aromatic rings. The monoisotopic (exact) mass is 314 g/mol. The van der Waals surface area contributed by atoms with Crippen LogP contribution in [-0.4, -0.2) is 20.2 Å². The maximum Gasteiger partial charge on any atom is 0.377 e. The summed E-state index contributed by atoms with van der Waals surface area (Å²) < 4.78 is 14.9. The molecule has 0 fully saturated rings. The highest BCUT2D eigenvalue weighted by Crippen LogP contribution is 2.23. The van der Waals surface area contributed by atoms with Gasteiger partial charge in [-0.05, 0) is 24.1 Å². The van der Waals surface area contributed by atoms with Crippen molar-refractivity contribution in [1.82, 2.24) is 0 Å².